The molecule has 0 aliphatic heterocycles. The third kappa shape index (κ3) is 3.94. The summed E-state index contributed by atoms with van der Waals surface area (Å²) >= 11 is 0. The molecule has 2 N–H and O–H groups in total. The van der Waals surface area contributed by atoms with E-state index in [9.17, 15) is 0 Å². The number of likely N-dealkylation sites (N-methyl/N-ethyl adjacent to an activating group) is 1. The SMILES string of the molecule is Cc1ncc(CNCC(C(C)C)N(C)C)[nH]1. The van der Waals surface area contributed by atoms with Crippen molar-refractivity contribution in [1.29, 1.82) is 0 Å². The van der Waals surface area contributed by atoms with Crippen LogP contribution in [0.15, 0.2) is 6.20 Å². The summed E-state index contributed by atoms with van der Waals surface area (Å²) in [5, 5.41) is 3.46. The van der Waals surface area contributed by atoms with Crippen LogP contribution in [0.25, 0.3) is 0 Å². The van der Waals surface area contributed by atoms with E-state index < -0.39 is 0 Å². The second-order valence-corrected chi connectivity index (χ2v) is 4.90. The predicted molar refractivity (Wildman–Crippen MR) is 67.3 cm³/mol. The average molecular weight is 224 g/mol. The standard InChI is InChI=1S/C12H24N4/c1-9(2)12(16(4)5)8-13-6-11-7-14-10(3)15-11/h7,9,12-13H,6,8H2,1-5H3,(H,14,15). The van der Waals surface area contributed by atoms with Crippen molar-refractivity contribution >= 4 is 0 Å². The van der Waals surface area contributed by atoms with E-state index in [1.54, 1.807) is 0 Å². The van der Waals surface area contributed by atoms with Crippen LogP contribution in [0.4, 0.5) is 0 Å². The lowest BCUT2D eigenvalue weighted by molar-refractivity contribution is 0.224. The summed E-state index contributed by atoms with van der Waals surface area (Å²) in [7, 11) is 4.26. The molecule has 4 nitrogen and oxygen atoms in total. The molecule has 0 bridgehead atoms. The maximum atomic E-state index is 4.18. The zero-order chi connectivity index (χ0) is 12.1. The first-order chi connectivity index (χ1) is 7.50. The third-order valence-corrected chi connectivity index (χ3v) is 2.86. The lowest BCUT2D eigenvalue weighted by Crippen LogP contribution is -2.41. The largest absolute Gasteiger partial charge is 0.345 e. The summed E-state index contributed by atoms with van der Waals surface area (Å²) in [5.74, 6) is 1.64. The van der Waals surface area contributed by atoms with Gasteiger partial charge in [-0.05, 0) is 26.9 Å². The Balaban J connectivity index is 2.33. The van der Waals surface area contributed by atoms with E-state index in [2.05, 4.69) is 48.1 Å². The fraction of sp³-hybridized carbons (Fsp3) is 0.750. The van der Waals surface area contributed by atoms with E-state index in [0.717, 1.165) is 24.6 Å². The van der Waals surface area contributed by atoms with Gasteiger partial charge in [-0.1, -0.05) is 13.8 Å². The quantitative estimate of drug-likeness (QED) is 0.767. The van der Waals surface area contributed by atoms with Gasteiger partial charge >= 0.3 is 0 Å². The molecule has 0 aromatic carbocycles. The number of hydrogen-bond acceptors (Lipinski definition) is 3. The molecule has 0 aliphatic carbocycles. The molecule has 1 aromatic heterocycles. The third-order valence-electron chi connectivity index (χ3n) is 2.86. The topological polar surface area (TPSA) is 44.0 Å². The van der Waals surface area contributed by atoms with Crippen LogP contribution in [0.5, 0.6) is 0 Å². The molecule has 16 heavy (non-hydrogen) atoms. The molecule has 0 aliphatic rings. The maximum Gasteiger partial charge on any atom is 0.103 e. The Hall–Kier alpha value is -0.870. The smallest absolute Gasteiger partial charge is 0.103 e. The summed E-state index contributed by atoms with van der Waals surface area (Å²) in [5.41, 5.74) is 1.15. The first-order valence-corrected chi connectivity index (χ1v) is 5.88. The van der Waals surface area contributed by atoms with Crippen molar-refractivity contribution in [3.05, 3.63) is 17.7 Å². The Kier molecular flexibility index (Phi) is 4.96. The number of imidazole rings is 1. The van der Waals surface area contributed by atoms with Crippen LogP contribution in [-0.4, -0.2) is 41.5 Å². The highest BCUT2D eigenvalue weighted by molar-refractivity contribution is 4.99. The first kappa shape index (κ1) is 13.2. The van der Waals surface area contributed by atoms with Crippen molar-refractivity contribution in [3.8, 4) is 0 Å². The van der Waals surface area contributed by atoms with Crippen LogP contribution in [0.3, 0.4) is 0 Å². The normalized spacial score (nSPS) is 13.7. The van der Waals surface area contributed by atoms with Gasteiger partial charge in [0.2, 0.25) is 0 Å². The number of rotatable bonds is 6. The molecule has 1 atom stereocenters. The van der Waals surface area contributed by atoms with Crippen molar-refractivity contribution < 1.29 is 0 Å². The van der Waals surface area contributed by atoms with E-state index in [0.29, 0.717) is 12.0 Å². The van der Waals surface area contributed by atoms with E-state index in [4.69, 9.17) is 0 Å². The van der Waals surface area contributed by atoms with Crippen LogP contribution < -0.4 is 5.32 Å². The Labute approximate surface area is 98.5 Å². The summed E-state index contributed by atoms with van der Waals surface area (Å²) < 4.78 is 0. The second kappa shape index (κ2) is 6.01. The molecule has 0 fully saturated rings. The van der Waals surface area contributed by atoms with Crippen LogP contribution in [0.1, 0.15) is 25.4 Å². The van der Waals surface area contributed by atoms with Gasteiger partial charge in [-0.15, -0.1) is 0 Å². The van der Waals surface area contributed by atoms with Gasteiger partial charge in [0, 0.05) is 31.0 Å². The highest BCUT2D eigenvalue weighted by Crippen LogP contribution is 2.06. The summed E-state index contributed by atoms with van der Waals surface area (Å²) in [6.07, 6.45) is 1.89. The van der Waals surface area contributed by atoms with Crippen molar-refractivity contribution in [3.63, 3.8) is 0 Å². The minimum absolute atomic E-state index is 0.573. The number of aryl methyl sites for hydroxylation is 1. The van der Waals surface area contributed by atoms with E-state index >= 15 is 0 Å². The average Bonchev–Trinajstić information content (AvgIpc) is 2.57. The number of aromatic amines is 1. The minimum Gasteiger partial charge on any atom is -0.345 e. The van der Waals surface area contributed by atoms with Gasteiger partial charge in [0.05, 0.1) is 0 Å². The lowest BCUT2D eigenvalue weighted by Gasteiger charge is -2.28. The van der Waals surface area contributed by atoms with Gasteiger partial charge in [-0.3, -0.25) is 0 Å². The number of aromatic nitrogens is 2. The number of nitrogens with one attached hydrogen (secondary N) is 2. The minimum atomic E-state index is 0.573. The molecule has 0 saturated carbocycles. The first-order valence-electron chi connectivity index (χ1n) is 5.88. The van der Waals surface area contributed by atoms with Gasteiger partial charge in [0.15, 0.2) is 0 Å². The van der Waals surface area contributed by atoms with Crippen LogP contribution in [-0.2, 0) is 6.54 Å². The van der Waals surface area contributed by atoms with E-state index in [-0.39, 0.29) is 0 Å². The molecule has 1 unspecified atom stereocenters. The molecule has 0 amide bonds. The zero-order valence-corrected chi connectivity index (χ0v) is 11.0. The molecule has 92 valence electrons. The predicted octanol–water partition coefficient (Wildman–Crippen LogP) is 1.39. The van der Waals surface area contributed by atoms with Gasteiger partial charge < -0.3 is 15.2 Å². The maximum absolute atomic E-state index is 4.18. The highest BCUT2D eigenvalue weighted by atomic mass is 15.1. The molecule has 1 aromatic rings. The van der Waals surface area contributed by atoms with Gasteiger partial charge in [0.1, 0.15) is 5.82 Å². The van der Waals surface area contributed by atoms with Crippen molar-refractivity contribution in [2.75, 3.05) is 20.6 Å². The molecule has 1 rings (SSSR count). The van der Waals surface area contributed by atoms with E-state index in [1.165, 1.54) is 0 Å². The van der Waals surface area contributed by atoms with Crippen LogP contribution in [0, 0.1) is 12.8 Å². The van der Waals surface area contributed by atoms with Crippen molar-refractivity contribution in [2.45, 2.75) is 33.4 Å². The summed E-state index contributed by atoms with van der Waals surface area (Å²) in [4.78, 5) is 9.67. The van der Waals surface area contributed by atoms with Crippen LogP contribution >= 0.6 is 0 Å². The fourth-order valence-electron chi connectivity index (χ4n) is 1.93. The Morgan fingerprint density at radius 1 is 1.44 bits per heavy atom. The number of H-pyrrole nitrogens is 1. The molecule has 1 heterocycles. The van der Waals surface area contributed by atoms with Gasteiger partial charge in [-0.25, -0.2) is 4.98 Å². The molecule has 4 heteroatoms. The Bertz CT molecular complexity index is 296. The number of hydrogen-bond donors (Lipinski definition) is 2. The van der Waals surface area contributed by atoms with Crippen molar-refractivity contribution in [2.24, 2.45) is 5.92 Å². The molecule has 0 radical (unpaired) electrons. The highest BCUT2D eigenvalue weighted by Gasteiger charge is 2.14. The summed E-state index contributed by atoms with van der Waals surface area (Å²) in [6, 6.07) is 0.573. The zero-order valence-electron chi connectivity index (χ0n) is 11.0. The molecule has 0 spiro atoms. The molecular weight excluding hydrogens is 200 g/mol. The Morgan fingerprint density at radius 3 is 2.56 bits per heavy atom. The summed E-state index contributed by atoms with van der Waals surface area (Å²) in [6.45, 7) is 8.35. The number of nitrogens with zero attached hydrogens (tertiary/aromatic N) is 2. The van der Waals surface area contributed by atoms with E-state index in [1.807, 2.05) is 13.1 Å². The van der Waals surface area contributed by atoms with Gasteiger partial charge in [0.25, 0.3) is 0 Å². The lowest BCUT2D eigenvalue weighted by atomic mass is 10.0. The van der Waals surface area contributed by atoms with Crippen molar-refractivity contribution in [1.82, 2.24) is 20.2 Å². The van der Waals surface area contributed by atoms with Crippen LogP contribution in [0.2, 0.25) is 0 Å². The van der Waals surface area contributed by atoms with Gasteiger partial charge in [-0.2, -0.15) is 0 Å². The Morgan fingerprint density at radius 2 is 2.12 bits per heavy atom. The monoisotopic (exact) mass is 224 g/mol. The molecule has 0 saturated heterocycles. The second-order valence-electron chi connectivity index (χ2n) is 4.90. The molecular formula is C12H24N4. The fourth-order valence-corrected chi connectivity index (χ4v) is 1.93.